The van der Waals surface area contributed by atoms with Gasteiger partial charge in [0.05, 0.1) is 6.04 Å². The first kappa shape index (κ1) is 25.7. The largest absolute Gasteiger partial charge is 0.398 e. The van der Waals surface area contributed by atoms with Crippen LogP contribution in [0.3, 0.4) is 0 Å². The lowest BCUT2D eigenvalue weighted by molar-refractivity contribution is -0.143. The van der Waals surface area contributed by atoms with Gasteiger partial charge in [-0.3, -0.25) is 18.9 Å². The first-order chi connectivity index (χ1) is 16.1. The molecule has 2 aromatic rings. The zero-order valence-electron chi connectivity index (χ0n) is 17.3. The molecular weight excluding hydrogens is 538 g/mol. The van der Waals surface area contributed by atoms with Gasteiger partial charge in [0.15, 0.2) is 10.8 Å². The number of nitrogens with zero attached hydrogens (tertiary/aromatic N) is 7. The number of aromatic nitrogens is 5. The molecule has 20 heteroatoms. The number of tetrazole rings is 1. The molecule has 3 heterocycles. The second-order valence-electron chi connectivity index (χ2n) is 6.37. The van der Waals surface area contributed by atoms with Crippen LogP contribution >= 0.6 is 34.7 Å². The van der Waals surface area contributed by atoms with Crippen LogP contribution in [0.1, 0.15) is 5.69 Å². The summed E-state index contributed by atoms with van der Waals surface area (Å²) >= 11 is 7.43. The Morgan fingerprint density at radius 3 is 2.76 bits per heavy atom. The van der Waals surface area contributed by atoms with Crippen LogP contribution in [0, 0.1) is 0 Å². The Morgan fingerprint density at radius 2 is 2.18 bits per heavy atom. The van der Waals surface area contributed by atoms with E-state index < -0.39 is 40.1 Å². The van der Waals surface area contributed by atoms with E-state index in [9.17, 15) is 27.4 Å². The van der Waals surface area contributed by atoms with Gasteiger partial charge in [-0.15, -0.1) is 28.0 Å². The molecule has 0 bridgehead atoms. The van der Waals surface area contributed by atoms with Crippen molar-refractivity contribution >= 4 is 73.6 Å². The van der Waals surface area contributed by atoms with Crippen LogP contribution in [0.25, 0.3) is 0 Å². The Kier molecular flexibility index (Phi) is 8.02. The summed E-state index contributed by atoms with van der Waals surface area (Å²) in [6.07, 6.45) is 0. The lowest BCUT2D eigenvalue weighted by Gasteiger charge is -2.43. The number of thiazole rings is 1. The molecule has 3 amide bonds. The fourth-order valence-corrected chi connectivity index (χ4v) is 5.46. The number of amides is 3. The molecule has 1 saturated heterocycles. The lowest BCUT2D eigenvalue weighted by atomic mass is 10.0. The van der Waals surface area contributed by atoms with Gasteiger partial charge in [-0.2, -0.15) is 8.42 Å². The summed E-state index contributed by atoms with van der Waals surface area (Å²) in [7, 11) is -2.15. The number of alkyl halides is 1. The average Bonchev–Trinajstić information content (AvgIpc) is 3.40. The van der Waals surface area contributed by atoms with Crippen molar-refractivity contribution in [1.29, 1.82) is 0 Å². The van der Waals surface area contributed by atoms with E-state index in [0.29, 0.717) is 5.16 Å². The van der Waals surface area contributed by atoms with Crippen LogP contribution in [0.4, 0.5) is 5.13 Å². The highest BCUT2D eigenvalue weighted by molar-refractivity contribution is 7.99. The molecule has 2 atom stereocenters. The summed E-state index contributed by atoms with van der Waals surface area (Å²) in [5, 5.41) is 21.1. The summed E-state index contributed by atoms with van der Waals surface area (Å²) in [5.41, 5.74) is -0.323. The molecule has 1 aliphatic rings. The summed E-state index contributed by atoms with van der Waals surface area (Å²) < 4.78 is 34.3. The summed E-state index contributed by atoms with van der Waals surface area (Å²) in [5.74, 6) is -2.85. The third-order valence-corrected chi connectivity index (χ3v) is 7.24. The highest BCUT2D eigenvalue weighted by atomic mass is 35.5. The molecule has 2 aromatic heterocycles. The average molecular weight is 554 g/mol. The van der Waals surface area contributed by atoms with E-state index in [4.69, 9.17) is 11.6 Å². The fraction of sp³-hybridized carbons (Fsp3) is 0.429. The summed E-state index contributed by atoms with van der Waals surface area (Å²) in [4.78, 5) is 45.5. The van der Waals surface area contributed by atoms with Crippen molar-refractivity contribution in [1.82, 2.24) is 34.8 Å². The van der Waals surface area contributed by atoms with E-state index in [1.807, 2.05) is 0 Å². The fourth-order valence-electron chi connectivity index (χ4n) is 2.73. The monoisotopic (exact) mass is 553 g/mol. The molecule has 0 aliphatic carbocycles. The minimum Gasteiger partial charge on any atom is -0.398 e. The van der Waals surface area contributed by atoms with E-state index in [1.165, 1.54) is 17.2 Å². The van der Waals surface area contributed by atoms with Crippen molar-refractivity contribution in [2.24, 2.45) is 12.2 Å². The van der Waals surface area contributed by atoms with Crippen LogP contribution in [-0.4, -0.2) is 96.7 Å². The maximum Gasteiger partial charge on any atom is 0.362 e. The molecule has 3 N–H and O–H groups in total. The molecule has 0 saturated carbocycles. The van der Waals surface area contributed by atoms with Crippen molar-refractivity contribution in [2.75, 3.05) is 24.1 Å². The molecule has 1 aliphatic heterocycles. The van der Waals surface area contributed by atoms with Gasteiger partial charge in [0.1, 0.15) is 24.7 Å². The number of rotatable bonds is 10. The van der Waals surface area contributed by atoms with Crippen LogP contribution < -0.4 is 10.6 Å². The van der Waals surface area contributed by atoms with E-state index in [-0.39, 0.29) is 32.5 Å². The van der Waals surface area contributed by atoms with Gasteiger partial charge < -0.3 is 15.5 Å². The van der Waals surface area contributed by atoms with E-state index in [2.05, 4.69) is 41.1 Å². The van der Waals surface area contributed by atoms with Gasteiger partial charge in [0, 0.05) is 18.2 Å². The number of hydrogen-bond acceptors (Lipinski definition) is 13. The number of β-lactam (4-membered cyclic amide) rings is 1. The molecule has 0 spiro atoms. The predicted octanol–water partition coefficient (Wildman–Crippen LogP) is -1.51. The minimum atomic E-state index is -4.88. The number of carbonyl (C=O) groups is 3. The second kappa shape index (κ2) is 10.6. The number of oxime groups is 1. The van der Waals surface area contributed by atoms with Gasteiger partial charge in [0.2, 0.25) is 11.1 Å². The molecule has 3 rings (SSSR count). The van der Waals surface area contributed by atoms with Crippen molar-refractivity contribution < 1.29 is 32.2 Å². The molecule has 1 fully saturated rings. The van der Waals surface area contributed by atoms with E-state index in [0.717, 1.165) is 23.1 Å². The highest BCUT2D eigenvalue weighted by Gasteiger charge is 2.54. The number of carbonyl (C=O) groups excluding carboxylic acids is 3. The van der Waals surface area contributed by atoms with Crippen LogP contribution in [0.2, 0.25) is 0 Å². The number of hydrogen-bond donors (Lipinski definition) is 3. The Morgan fingerprint density at radius 1 is 1.44 bits per heavy atom. The summed E-state index contributed by atoms with van der Waals surface area (Å²) in [6.45, 7) is 0. The van der Waals surface area contributed by atoms with Crippen LogP contribution in [0.5, 0.6) is 0 Å². The quantitative estimate of drug-likeness (QED) is 0.0764. The number of thioether (sulfide) groups is 1. The molecule has 34 heavy (non-hydrogen) atoms. The number of nitrogens with one attached hydrogen (secondary N) is 2. The van der Waals surface area contributed by atoms with Crippen molar-refractivity contribution in [3.63, 3.8) is 0 Å². The van der Waals surface area contributed by atoms with Gasteiger partial charge in [-0.25, -0.2) is 14.0 Å². The van der Waals surface area contributed by atoms with Crippen LogP contribution in [-0.2, 0) is 36.6 Å². The number of halogens is 1. The zero-order chi connectivity index (χ0) is 25.0. The van der Waals surface area contributed by atoms with Crippen molar-refractivity contribution in [2.45, 2.75) is 17.2 Å². The maximum atomic E-state index is 12.9. The molecule has 0 unspecified atom stereocenters. The Balaban J connectivity index is 1.78. The van der Waals surface area contributed by atoms with Gasteiger partial charge >= 0.3 is 10.3 Å². The Hall–Kier alpha value is -2.87. The van der Waals surface area contributed by atoms with Gasteiger partial charge in [0.25, 0.3) is 11.8 Å². The minimum absolute atomic E-state index is 0.0173. The predicted molar refractivity (Wildman–Crippen MR) is 119 cm³/mol. The van der Waals surface area contributed by atoms with Gasteiger partial charge in [-0.05, 0) is 10.4 Å². The third kappa shape index (κ3) is 5.60. The zero-order valence-corrected chi connectivity index (χ0v) is 20.5. The smallest absolute Gasteiger partial charge is 0.362 e. The Bertz CT molecular complexity index is 1230. The van der Waals surface area contributed by atoms with Crippen molar-refractivity contribution in [3.05, 3.63) is 11.1 Å². The number of aryl methyl sites for hydroxylation is 1. The molecule has 0 radical (unpaired) electrons. The summed E-state index contributed by atoms with van der Waals surface area (Å²) in [6, 6.07) is -2.47. The topological polar surface area (TPSA) is 211 Å². The highest BCUT2D eigenvalue weighted by Crippen LogP contribution is 2.29. The van der Waals surface area contributed by atoms with E-state index >= 15 is 0 Å². The standard InChI is InChI=1S/C14H16ClN9O7S3/c1-23-14(19-21-22-23)33-5-7-10(12(27)24(7)34(28,29)30)18-11(26)9(20-31-2)6-4-32-13(16-6)17-8(25)3-15/h4,7,10H,3,5H2,1-2H3,(H,18,26)(H,16,17,25)(H,28,29,30)/b20-9-/t7-,10+/m0/s1. The first-order valence-electron chi connectivity index (χ1n) is 8.96. The van der Waals surface area contributed by atoms with Crippen LogP contribution in [0.15, 0.2) is 15.7 Å². The van der Waals surface area contributed by atoms with Crippen molar-refractivity contribution in [3.8, 4) is 0 Å². The molecule has 0 aromatic carbocycles. The SMILES string of the molecule is CO/N=C(\C(=O)N[C@H]1C(=O)N(S(=O)(=O)O)[C@H]1CSc1nnnn1C)c1csc(NC(=O)CCl)n1. The third-order valence-electron chi connectivity index (χ3n) is 4.18. The van der Waals surface area contributed by atoms with E-state index in [1.54, 1.807) is 7.05 Å². The Labute approximate surface area is 204 Å². The maximum absolute atomic E-state index is 12.9. The first-order valence-corrected chi connectivity index (χ1v) is 12.8. The molecular formula is C14H16ClN9O7S3. The molecule has 16 nitrogen and oxygen atoms in total. The molecule has 184 valence electrons. The number of anilines is 1. The lowest BCUT2D eigenvalue weighted by Crippen LogP contribution is -2.73. The van der Waals surface area contributed by atoms with Gasteiger partial charge in [-0.1, -0.05) is 16.9 Å². The normalized spacial score (nSPS) is 18.4. The second-order valence-corrected chi connectivity index (χ2v) is 9.77.